The second kappa shape index (κ2) is 5.03. The minimum Gasteiger partial charge on any atom is -0.444 e. The Bertz CT molecular complexity index is 678. The van der Waals surface area contributed by atoms with Crippen molar-refractivity contribution in [2.24, 2.45) is 0 Å². The van der Waals surface area contributed by atoms with Gasteiger partial charge in [-0.05, 0) is 12.1 Å². The third kappa shape index (κ3) is 2.53. The van der Waals surface area contributed by atoms with Crippen LogP contribution in [0.15, 0.2) is 52.2 Å². The highest BCUT2D eigenvalue weighted by Crippen LogP contribution is 2.22. The average molecular weight is 271 g/mol. The number of benzene rings is 1. The number of hydrogen-bond donors (Lipinski definition) is 1. The van der Waals surface area contributed by atoms with Crippen LogP contribution in [0.3, 0.4) is 0 Å². The van der Waals surface area contributed by atoms with Gasteiger partial charge in [0.1, 0.15) is 5.69 Å². The number of hydrogen-bond acceptors (Lipinski definition) is 5. The van der Waals surface area contributed by atoms with Gasteiger partial charge < -0.3 is 9.73 Å². The standard InChI is InChI=1S/C13H9N3O2S/c17-13(11-6-19-8-15-11)16-10-3-1-2-9(4-10)12-5-14-7-18-12/h1-8H,(H,16,17). The van der Waals surface area contributed by atoms with Crippen LogP contribution in [-0.2, 0) is 0 Å². The monoisotopic (exact) mass is 271 g/mol. The van der Waals surface area contributed by atoms with Gasteiger partial charge in [-0.2, -0.15) is 0 Å². The first-order valence-electron chi connectivity index (χ1n) is 5.51. The lowest BCUT2D eigenvalue weighted by atomic mass is 10.1. The van der Waals surface area contributed by atoms with Crippen molar-refractivity contribution >= 4 is 22.9 Å². The van der Waals surface area contributed by atoms with Crippen molar-refractivity contribution in [2.75, 3.05) is 5.32 Å². The van der Waals surface area contributed by atoms with Crippen molar-refractivity contribution in [3.8, 4) is 11.3 Å². The lowest BCUT2D eigenvalue weighted by Crippen LogP contribution is -2.11. The predicted octanol–water partition coefficient (Wildman–Crippen LogP) is 3.05. The van der Waals surface area contributed by atoms with Crippen LogP contribution in [0.2, 0.25) is 0 Å². The van der Waals surface area contributed by atoms with Gasteiger partial charge in [-0.15, -0.1) is 11.3 Å². The van der Waals surface area contributed by atoms with Gasteiger partial charge in [0.25, 0.3) is 5.91 Å². The lowest BCUT2D eigenvalue weighted by molar-refractivity contribution is 0.102. The Labute approximate surface area is 112 Å². The average Bonchev–Trinajstić information content (AvgIpc) is 3.13. The zero-order valence-electron chi connectivity index (χ0n) is 9.74. The van der Waals surface area contributed by atoms with Gasteiger partial charge in [-0.3, -0.25) is 4.79 Å². The van der Waals surface area contributed by atoms with E-state index in [2.05, 4.69) is 15.3 Å². The van der Waals surface area contributed by atoms with E-state index in [0.717, 1.165) is 5.56 Å². The molecule has 0 aliphatic rings. The minimum absolute atomic E-state index is 0.226. The summed E-state index contributed by atoms with van der Waals surface area (Å²) in [7, 11) is 0. The van der Waals surface area contributed by atoms with Gasteiger partial charge >= 0.3 is 0 Å². The Balaban J connectivity index is 1.82. The molecule has 0 atom stereocenters. The number of rotatable bonds is 3. The maximum absolute atomic E-state index is 11.9. The maximum Gasteiger partial charge on any atom is 0.275 e. The second-order valence-electron chi connectivity index (χ2n) is 3.77. The van der Waals surface area contributed by atoms with Crippen LogP contribution in [0, 0.1) is 0 Å². The number of carbonyl (C=O) groups is 1. The molecule has 0 bridgehead atoms. The molecule has 0 radical (unpaired) electrons. The molecule has 3 rings (SSSR count). The van der Waals surface area contributed by atoms with Crippen molar-refractivity contribution in [3.63, 3.8) is 0 Å². The van der Waals surface area contributed by atoms with E-state index in [4.69, 9.17) is 4.42 Å². The molecule has 1 amide bonds. The fourth-order valence-corrected chi connectivity index (χ4v) is 2.16. The van der Waals surface area contributed by atoms with Gasteiger partial charge in [0.15, 0.2) is 12.2 Å². The molecule has 1 aromatic carbocycles. The van der Waals surface area contributed by atoms with E-state index in [1.165, 1.54) is 17.7 Å². The second-order valence-corrected chi connectivity index (χ2v) is 4.49. The van der Waals surface area contributed by atoms with Crippen LogP contribution in [0.25, 0.3) is 11.3 Å². The molecule has 3 aromatic rings. The molecule has 5 nitrogen and oxygen atoms in total. The van der Waals surface area contributed by atoms with Crippen molar-refractivity contribution in [3.05, 3.63) is 53.4 Å². The molecule has 0 spiro atoms. The number of aromatic nitrogens is 2. The largest absolute Gasteiger partial charge is 0.444 e. The number of carbonyl (C=O) groups excluding carboxylic acids is 1. The Morgan fingerprint density at radius 2 is 2.32 bits per heavy atom. The summed E-state index contributed by atoms with van der Waals surface area (Å²) in [5.41, 5.74) is 3.58. The Kier molecular flexibility index (Phi) is 3.07. The molecular weight excluding hydrogens is 262 g/mol. The van der Waals surface area contributed by atoms with Crippen molar-refractivity contribution < 1.29 is 9.21 Å². The maximum atomic E-state index is 11.9. The first-order valence-corrected chi connectivity index (χ1v) is 6.46. The van der Waals surface area contributed by atoms with Gasteiger partial charge in [0.05, 0.1) is 11.7 Å². The summed E-state index contributed by atoms with van der Waals surface area (Å²) in [6.45, 7) is 0. The number of oxazole rings is 1. The molecule has 0 aliphatic carbocycles. The first kappa shape index (κ1) is 11.6. The third-order valence-corrected chi connectivity index (χ3v) is 3.09. The van der Waals surface area contributed by atoms with Crippen LogP contribution < -0.4 is 5.32 Å². The molecule has 0 fully saturated rings. The zero-order valence-corrected chi connectivity index (χ0v) is 10.6. The molecule has 19 heavy (non-hydrogen) atoms. The lowest BCUT2D eigenvalue weighted by Gasteiger charge is -2.04. The molecule has 0 saturated heterocycles. The molecule has 0 unspecified atom stereocenters. The van der Waals surface area contributed by atoms with Crippen LogP contribution >= 0.6 is 11.3 Å². The van der Waals surface area contributed by atoms with Gasteiger partial charge in [-0.1, -0.05) is 12.1 Å². The van der Waals surface area contributed by atoms with E-state index < -0.39 is 0 Å². The summed E-state index contributed by atoms with van der Waals surface area (Å²) >= 11 is 1.38. The molecule has 2 aromatic heterocycles. The summed E-state index contributed by atoms with van der Waals surface area (Å²) in [5, 5.41) is 4.49. The van der Waals surface area contributed by atoms with Gasteiger partial charge in [0.2, 0.25) is 0 Å². The summed E-state index contributed by atoms with van der Waals surface area (Å²) < 4.78 is 5.22. The fourth-order valence-electron chi connectivity index (χ4n) is 1.63. The van der Waals surface area contributed by atoms with Crippen LogP contribution in [0.1, 0.15) is 10.5 Å². The molecule has 1 N–H and O–H groups in total. The highest BCUT2D eigenvalue weighted by atomic mass is 32.1. The van der Waals surface area contributed by atoms with Crippen LogP contribution in [0.5, 0.6) is 0 Å². The van der Waals surface area contributed by atoms with Crippen LogP contribution in [0.4, 0.5) is 5.69 Å². The van der Waals surface area contributed by atoms with E-state index in [1.54, 1.807) is 17.1 Å². The van der Waals surface area contributed by atoms with E-state index in [-0.39, 0.29) is 5.91 Å². The fraction of sp³-hybridized carbons (Fsp3) is 0. The van der Waals surface area contributed by atoms with Crippen molar-refractivity contribution in [2.45, 2.75) is 0 Å². The highest BCUT2D eigenvalue weighted by molar-refractivity contribution is 7.07. The van der Waals surface area contributed by atoms with Gasteiger partial charge in [0, 0.05) is 16.6 Å². The first-order chi connectivity index (χ1) is 9.33. The summed E-state index contributed by atoms with van der Waals surface area (Å²) in [4.78, 5) is 19.7. The Hall–Kier alpha value is -2.47. The minimum atomic E-state index is -0.226. The quantitative estimate of drug-likeness (QED) is 0.795. The predicted molar refractivity (Wildman–Crippen MR) is 72.0 cm³/mol. The molecule has 0 aliphatic heterocycles. The number of amides is 1. The van der Waals surface area contributed by atoms with Crippen LogP contribution in [-0.4, -0.2) is 15.9 Å². The molecular formula is C13H9N3O2S. The smallest absolute Gasteiger partial charge is 0.275 e. The highest BCUT2D eigenvalue weighted by Gasteiger charge is 2.09. The number of thiazole rings is 1. The zero-order chi connectivity index (χ0) is 13.1. The molecule has 94 valence electrons. The Morgan fingerprint density at radius 3 is 3.05 bits per heavy atom. The van der Waals surface area contributed by atoms with E-state index in [9.17, 15) is 4.79 Å². The van der Waals surface area contributed by atoms with Crippen molar-refractivity contribution in [1.29, 1.82) is 0 Å². The summed E-state index contributed by atoms with van der Waals surface area (Å²) in [5.74, 6) is 0.431. The number of nitrogens with one attached hydrogen (secondary N) is 1. The van der Waals surface area contributed by atoms with E-state index >= 15 is 0 Å². The van der Waals surface area contributed by atoms with E-state index in [0.29, 0.717) is 17.1 Å². The third-order valence-electron chi connectivity index (χ3n) is 2.50. The molecule has 2 heterocycles. The van der Waals surface area contributed by atoms with E-state index in [1.807, 2.05) is 24.3 Å². The topological polar surface area (TPSA) is 68.0 Å². The SMILES string of the molecule is O=C(Nc1cccc(-c2cnco2)c1)c1cscn1. The number of anilines is 1. The van der Waals surface area contributed by atoms with Gasteiger partial charge in [-0.25, -0.2) is 9.97 Å². The van der Waals surface area contributed by atoms with Crippen molar-refractivity contribution in [1.82, 2.24) is 9.97 Å². The molecule has 6 heteroatoms. The Morgan fingerprint density at radius 1 is 1.37 bits per heavy atom. The summed E-state index contributed by atoms with van der Waals surface area (Å²) in [6.07, 6.45) is 3.00. The molecule has 0 saturated carbocycles. The summed E-state index contributed by atoms with van der Waals surface area (Å²) in [6, 6.07) is 7.36. The number of nitrogens with zero attached hydrogens (tertiary/aromatic N) is 2. The normalized spacial score (nSPS) is 10.3.